The minimum atomic E-state index is -5.95. The van der Waals surface area contributed by atoms with Crippen LogP contribution < -0.4 is 41.4 Å². The van der Waals surface area contributed by atoms with Gasteiger partial charge in [-0.05, 0) is 80.0 Å². The van der Waals surface area contributed by atoms with Crippen LogP contribution in [0, 0.1) is 17.0 Å². The minimum absolute atomic E-state index is 0.0137. The van der Waals surface area contributed by atoms with Crippen molar-refractivity contribution in [3.05, 3.63) is 171 Å². The third-order valence-electron chi connectivity index (χ3n) is 16.9. The number of nitro benzene ring substituents is 1. The summed E-state index contributed by atoms with van der Waals surface area (Å²) >= 11 is 0. The van der Waals surface area contributed by atoms with Gasteiger partial charge in [0.1, 0.15) is 55.1 Å². The van der Waals surface area contributed by atoms with Crippen LogP contribution in [-0.4, -0.2) is 191 Å². The molecule has 0 spiro atoms. The van der Waals surface area contributed by atoms with Crippen molar-refractivity contribution in [1.29, 1.82) is 0 Å². The normalized spacial score (nSPS) is 18.6. The number of aromatic nitrogens is 2. The maximum atomic E-state index is 13.7. The number of benzene rings is 4. The topological polar surface area (TPSA) is 530 Å². The number of aromatic amines is 1. The van der Waals surface area contributed by atoms with Crippen LogP contribution in [0.1, 0.15) is 100 Å². The largest absolute Gasteiger partial charge is 0.508 e. The maximum Gasteiger partial charge on any atom is 0.508 e. The molecule has 38 nitrogen and oxygen atoms in total. The molecule has 1 aromatic heterocycles. The lowest BCUT2D eigenvalue weighted by atomic mass is 9.83. The number of ether oxygens (including phenoxy) is 8. The van der Waals surface area contributed by atoms with Gasteiger partial charge in [0, 0.05) is 84.9 Å². The van der Waals surface area contributed by atoms with Gasteiger partial charge in [-0.1, -0.05) is 18.2 Å². The van der Waals surface area contributed by atoms with E-state index in [1.807, 2.05) is 42.2 Å². The highest BCUT2D eigenvalue weighted by Gasteiger charge is 2.46. The number of fused-ring (bicyclic) bond motifs is 4. The molecule has 570 valence electrons. The third-order valence-corrected chi connectivity index (χ3v) is 22.1. The number of carbonyl (C=O) groups excluding carboxylic acids is 2. The van der Waals surface area contributed by atoms with Crippen LogP contribution in [0.5, 0.6) is 11.5 Å². The molecule has 5 heterocycles. The number of nitrogens with zero attached hydrogens (tertiary/aromatic N) is 4. The lowest BCUT2D eigenvalue weighted by molar-refractivity contribution is -0.387. The standard InChI is InChI=1S/C62H73N6O32P3S2/c1-35-29-67(59(73)64-56(35)69)53-26-51(52(97-53)32-95-102(80,81)100-103(82,83)99-101(77,78)79)98-60(74)94-31-38-10-8-9-37(55(38)68(75)76)30-93-20-19-92-18-17-91-16-15-90-14-13-63-57(70)36-11-12-41(44(21-36)58(71)72)54-45-22-42-39(33-104(84,85)86)27-61(2,3)65(6)47(42)24-49(45)96-50-25-48-43(23-46(50)54)40(34-105(87,88)89)28-62(4,5)66(48)7/h8-12,21-25,27-29,51-53H,13-20,26,30-34H2,1-7H3,(H8-,63,64,69,70,71,72,73,77,78,79,80,81,82,83,84,85,86,87,88,89)/p+1/t51-,52-,53-/m1/s1. The van der Waals surface area contributed by atoms with Gasteiger partial charge in [-0.25, -0.2) is 32.7 Å². The summed E-state index contributed by atoms with van der Waals surface area (Å²) in [5.41, 5.74) is -1.75. The fourth-order valence-corrected chi connectivity index (χ4v) is 16.2. The average molecular weight is 1570 g/mol. The number of anilines is 1. The first-order chi connectivity index (χ1) is 48.9. The van der Waals surface area contributed by atoms with Crippen LogP contribution in [-0.2, 0) is 93.4 Å². The number of rotatable bonds is 33. The smallest absolute Gasteiger partial charge is 0.478 e. The Bertz CT molecular complexity index is 5010. The molecule has 4 aromatic carbocycles. The average Bonchev–Trinajstić information content (AvgIpc) is 1.65. The number of hydrogen-bond acceptors (Lipinski definition) is 26. The summed E-state index contributed by atoms with van der Waals surface area (Å²) < 4.78 is 166. The van der Waals surface area contributed by atoms with Gasteiger partial charge < -0.3 is 72.8 Å². The lowest BCUT2D eigenvalue weighted by Crippen LogP contribution is -2.47. The summed E-state index contributed by atoms with van der Waals surface area (Å²) in [5, 5.41) is 26.7. The van der Waals surface area contributed by atoms with Crippen LogP contribution >= 0.6 is 23.5 Å². The molecule has 0 aliphatic carbocycles. The number of H-pyrrole nitrogens is 1. The van der Waals surface area contributed by atoms with Gasteiger partial charge in [0.2, 0.25) is 5.36 Å². The summed E-state index contributed by atoms with van der Waals surface area (Å²) in [6.07, 6.45) is -2.04. The van der Waals surface area contributed by atoms with E-state index in [-0.39, 0.29) is 121 Å². The summed E-state index contributed by atoms with van der Waals surface area (Å²) in [6.45, 7) is 6.92. The zero-order chi connectivity index (χ0) is 77.1. The van der Waals surface area contributed by atoms with Crippen LogP contribution in [0.2, 0.25) is 0 Å². The van der Waals surface area contributed by atoms with Gasteiger partial charge in [-0.3, -0.25) is 42.9 Å². The van der Waals surface area contributed by atoms with Crippen LogP contribution in [0.4, 0.5) is 16.2 Å². The van der Waals surface area contributed by atoms with Crippen molar-refractivity contribution >= 4 is 89.8 Å². The highest BCUT2D eigenvalue weighted by Crippen LogP contribution is 2.66. The lowest BCUT2D eigenvalue weighted by Gasteiger charge is -2.41. The quantitative estimate of drug-likeness (QED) is 0.00537. The number of nitrogens with one attached hydrogen (secondary N) is 2. The number of hydrogen-bond donors (Lipinski definition) is 9. The van der Waals surface area contributed by atoms with Gasteiger partial charge in [0.05, 0.1) is 98.2 Å². The minimum Gasteiger partial charge on any atom is -0.478 e. The molecule has 0 bridgehead atoms. The molecule has 43 heteroatoms. The predicted octanol–water partition coefficient (Wildman–Crippen LogP) is 3.84. The molecule has 5 aromatic rings. The van der Waals surface area contributed by atoms with E-state index in [4.69, 9.17) is 47.7 Å². The highest BCUT2D eigenvalue weighted by atomic mass is 32.2. The predicted molar refractivity (Wildman–Crippen MR) is 367 cm³/mol. The third kappa shape index (κ3) is 20.6. The van der Waals surface area contributed by atoms with Crippen molar-refractivity contribution in [2.45, 2.75) is 83.8 Å². The SMILES string of the molecule is Cc1cn([C@H]2C[C@@H](OC(=O)OCc3cccc(COCCOCCOCCOCCNC(=O)c4ccc(C5=c6cc7c(cc6Oc6cc8c(cc65)C(CS(=O)(=O)O)=CC(C)(C)N8C)=[N+](C)C(C)(C)C=C7CS(=O)(=O)O)c(C(=O)O)c4)c3[N+](=O)[O-])[C@@H](COP(=O)(O)OP(=O)(O)OP(=O)(O)O)O2)c(=O)[nH]c1=O. The number of aryl methyl sites for hydroxylation is 1. The first kappa shape index (κ1) is 81.0. The fourth-order valence-electron chi connectivity index (χ4n) is 11.9. The number of likely N-dealkylation sites (N-methyl/N-ethyl adjacent to an activating group) is 2. The summed E-state index contributed by atoms with van der Waals surface area (Å²) in [6, 6.07) is 14.8. The molecule has 1 amide bonds. The molecule has 1 saturated heterocycles. The second kappa shape index (κ2) is 32.2. The Balaban J connectivity index is 0.756. The molecule has 2 unspecified atom stereocenters. The number of carboxylic acid groups (broad SMARTS) is 1. The Labute approximate surface area is 597 Å². The van der Waals surface area contributed by atoms with Crippen molar-refractivity contribution in [1.82, 2.24) is 19.4 Å². The second-order valence-electron chi connectivity index (χ2n) is 25.2. The molecular weight excluding hydrogens is 1500 g/mol. The number of phosphoric ester groups is 1. The molecule has 0 radical (unpaired) electrons. The molecule has 1 fully saturated rings. The summed E-state index contributed by atoms with van der Waals surface area (Å²) in [4.78, 5) is 118. The Kier molecular flexibility index (Phi) is 24.8. The number of carboxylic acids is 1. The van der Waals surface area contributed by atoms with Crippen molar-refractivity contribution in [2.24, 2.45) is 0 Å². The van der Waals surface area contributed by atoms with E-state index in [1.165, 1.54) is 43.3 Å². The Morgan fingerprint density at radius 1 is 0.781 bits per heavy atom. The second-order valence-corrected chi connectivity index (χ2v) is 32.6. The zero-order valence-electron chi connectivity index (χ0n) is 56.9. The van der Waals surface area contributed by atoms with Crippen LogP contribution in [0.15, 0.2) is 88.6 Å². The van der Waals surface area contributed by atoms with E-state index in [2.05, 4.69) is 18.5 Å². The number of aromatic carboxylic acids is 1. The Morgan fingerprint density at radius 2 is 1.40 bits per heavy atom. The summed E-state index contributed by atoms with van der Waals surface area (Å²) in [5.74, 6) is -3.13. The molecule has 4 aliphatic heterocycles. The van der Waals surface area contributed by atoms with E-state index >= 15 is 0 Å². The zero-order valence-corrected chi connectivity index (χ0v) is 61.2. The first-order valence-corrected chi connectivity index (χ1v) is 39.2. The van der Waals surface area contributed by atoms with E-state index in [1.54, 1.807) is 50.5 Å². The molecule has 9 rings (SSSR count). The van der Waals surface area contributed by atoms with Crippen LogP contribution in [0.3, 0.4) is 0 Å². The molecule has 105 heavy (non-hydrogen) atoms. The van der Waals surface area contributed by atoms with Gasteiger partial charge in [-0.15, -0.1) is 0 Å². The number of amides is 1. The van der Waals surface area contributed by atoms with E-state index in [0.29, 0.717) is 33.0 Å². The number of para-hydroxylation sites is 1. The Morgan fingerprint density at radius 3 is 2.02 bits per heavy atom. The summed E-state index contributed by atoms with van der Waals surface area (Å²) in [7, 11) is -23.0. The fraction of sp³-hybridized carbons (Fsp3) is 0.419. The highest BCUT2D eigenvalue weighted by molar-refractivity contribution is 7.86. The van der Waals surface area contributed by atoms with Gasteiger partial charge in [0.15, 0.2) is 5.54 Å². The molecule has 5 atom stereocenters. The van der Waals surface area contributed by atoms with Crippen molar-refractivity contribution in [2.75, 3.05) is 89.9 Å². The van der Waals surface area contributed by atoms with Crippen molar-refractivity contribution in [3.63, 3.8) is 0 Å². The van der Waals surface area contributed by atoms with Crippen molar-refractivity contribution < 1.29 is 135 Å². The van der Waals surface area contributed by atoms with Crippen molar-refractivity contribution in [3.8, 4) is 11.5 Å². The molecule has 4 aliphatic rings. The number of nitro groups is 1. The van der Waals surface area contributed by atoms with Crippen LogP contribution in [0.25, 0.3) is 16.7 Å². The van der Waals surface area contributed by atoms with E-state index < -0.39 is 144 Å². The number of carbonyl (C=O) groups is 3. The molecular formula is C62H74N6O32P3S2+. The number of phosphoric acid groups is 3. The van der Waals surface area contributed by atoms with Gasteiger partial charge in [0.25, 0.3) is 37.4 Å². The monoisotopic (exact) mass is 1570 g/mol. The van der Waals surface area contributed by atoms with Gasteiger partial charge in [-0.2, -0.15) is 25.5 Å². The molecule has 0 saturated carbocycles. The van der Waals surface area contributed by atoms with E-state index in [9.17, 15) is 88.6 Å². The first-order valence-electron chi connectivity index (χ1n) is 31.5. The molecule has 9 N–H and O–H groups in total. The maximum absolute atomic E-state index is 13.7. The Hall–Kier alpha value is -8.05. The van der Waals surface area contributed by atoms with E-state index in [0.717, 1.165) is 10.8 Å². The van der Waals surface area contributed by atoms with Gasteiger partial charge >= 0.3 is 41.3 Å².